The van der Waals surface area contributed by atoms with Gasteiger partial charge in [0.2, 0.25) is 0 Å². The van der Waals surface area contributed by atoms with Crippen LogP contribution in [0.15, 0.2) is 48.5 Å². The maximum Gasteiger partial charge on any atom is 0.0471 e. The molecular weight excluding hydrogens is 248 g/mol. The number of hydrogen-bond acceptors (Lipinski definition) is 2. The minimum Gasteiger partial charge on any atom is -0.396 e. The van der Waals surface area contributed by atoms with Crippen LogP contribution in [0.2, 0.25) is 0 Å². The van der Waals surface area contributed by atoms with E-state index < -0.39 is 0 Å². The Hall–Kier alpha value is -1.90. The van der Waals surface area contributed by atoms with Gasteiger partial charge in [0, 0.05) is 13.2 Å². The van der Waals surface area contributed by atoms with Crippen LogP contribution in [0.1, 0.15) is 11.1 Å². The molecule has 0 aliphatic carbocycles. The predicted octanol–water partition coefficient (Wildman–Crippen LogP) is 3.06. The smallest absolute Gasteiger partial charge is 0.0471 e. The third-order valence-electron chi connectivity index (χ3n) is 3.77. The number of hydrogen-bond donors (Lipinski definition) is 2. The van der Waals surface area contributed by atoms with Gasteiger partial charge in [-0.3, -0.25) is 0 Å². The van der Waals surface area contributed by atoms with Crippen molar-refractivity contribution < 1.29 is 10.2 Å². The predicted molar refractivity (Wildman–Crippen MR) is 83.0 cm³/mol. The van der Waals surface area contributed by atoms with Gasteiger partial charge < -0.3 is 10.2 Å². The summed E-state index contributed by atoms with van der Waals surface area (Å²) < 4.78 is 0. The van der Waals surface area contributed by atoms with E-state index in [1.807, 2.05) is 6.07 Å². The first kappa shape index (κ1) is 13.1. The van der Waals surface area contributed by atoms with Gasteiger partial charge in [-0.2, -0.15) is 0 Å². The molecule has 0 aliphatic rings. The molecule has 0 saturated carbocycles. The Bertz CT molecular complexity index is 746. The Kier molecular flexibility index (Phi) is 3.68. The molecule has 0 spiro atoms. The van der Waals surface area contributed by atoms with Gasteiger partial charge in [-0.05, 0) is 57.6 Å². The van der Waals surface area contributed by atoms with E-state index in [1.165, 1.54) is 27.1 Å². The highest BCUT2D eigenvalue weighted by atomic mass is 16.3. The first-order valence-electron chi connectivity index (χ1n) is 6.98. The van der Waals surface area contributed by atoms with Crippen LogP contribution in [0.25, 0.3) is 21.5 Å². The highest BCUT2D eigenvalue weighted by molar-refractivity contribution is 5.99. The summed E-state index contributed by atoms with van der Waals surface area (Å²) in [7, 11) is 0. The Balaban J connectivity index is 2.20. The van der Waals surface area contributed by atoms with Crippen LogP contribution in [0, 0.1) is 0 Å². The van der Waals surface area contributed by atoms with Crippen molar-refractivity contribution in [3.8, 4) is 0 Å². The minimum absolute atomic E-state index is 0.173. The maximum atomic E-state index is 9.16. The second kappa shape index (κ2) is 5.61. The fraction of sp³-hybridized carbons (Fsp3) is 0.222. The van der Waals surface area contributed by atoms with Crippen molar-refractivity contribution in [3.05, 3.63) is 59.7 Å². The van der Waals surface area contributed by atoms with E-state index in [4.69, 9.17) is 10.2 Å². The zero-order chi connectivity index (χ0) is 13.9. The van der Waals surface area contributed by atoms with Crippen LogP contribution in [0.4, 0.5) is 0 Å². The lowest BCUT2D eigenvalue weighted by Gasteiger charge is -2.08. The normalized spacial score (nSPS) is 11.3. The van der Waals surface area contributed by atoms with Gasteiger partial charge in [-0.15, -0.1) is 0 Å². The van der Waals surface area contributed by atoms with Crippen molar-refractivity contribution in [1.82, 2.24) is 0 Å². The fourth-order valence-corrected chi connectivity index (χ4v) is 2.76. The molecule has 0 aromatic heterocycles. The zero-order valence-electron chi connectivity index (χ0n) is 11.3. The van der Waals surface area contributed by atoms with Crippen LogP contribution in [0.5, 0.6) is 0 Å². The lowest BCUT2D eigenvalue weighted by Crippen LogP contribution is -1.93. The summed E-state index contributed by atoms with van der Waals surface area (Å²) in [5.74, 6) is 0. The van der Waals surface area contributed by atoms with Gasteiger partial charge in [0.05, 0.1) is 0 Å². The van der Waals surface area contributed by atoms with Gasteiger partial charge >= 0.3 is 0 Å². The molecule has 3 aromatic rings. The second-order valence-electron chi connectivity index (χ2n) is 5.12. The van der Waals surface area contributed by atoms with Crippen molar-refractivity contribution in [3.63, 3.8) is 0 Å². The molecule has 0 radical (unpaired) electrons. The van der Waals surface area contributed by atoms with E-state index in [1.54, 1.807) is 0 Å². The first-order valence-corrected chi connectivity index (χ1v) is 6.98. The largest absolute Gasteiger partial charge is 0.396 e. The molecule has 0 atom stereocenters. The molecule has 2 heteroatoms. The van der Waals surface area contributed by atoms with E-state index in [9.17, 15) is 0 Å². The van der Waals surface area contributed by atoms with Gasteiger partial charge in [0.1, 0.15) is 0 Å². The SMILES string of the molecule is OCCc1ccc2cc3c(CCO)cccc3cc2c1. The molecule has 0 bridgehead atoms. The summed E-state index contributed by atoms with van der Waals surface area (Å²) in [5, 5.41) is 23.0. The number of benzene rings is 3. The van der Waals surface area contributed by atoms with Gasteiger partial charge in [0.15, 0.2) is 0 Å². The lowest BCUT2D eigenvalue weighted by atomic mass is 9.97. The number of aliphatic hydroxyl groups excluding tert-OH is 2. The second-order valence-corrected chi connectivity index (χ2v) is 5.12. The highest BCUT2D eigenvalue weighted by Gasteiger charge is 2.04. The van der Waals surface area contributed by atoms with Crippen LogP contribution < -0.4 is 0 Å². The third-order valence-corrected chi connectivity index (χ3v) is 3.77. The van der Waals surface area contributed by atoms with Crippen molar-refractivity contribution in [1.29, 1.82) is 0 Å². The van der Waals surface area contributed by atoms with Crippen LogP contribution in [-0.4, -0.2) is 23.4 Å². The molecule has 0 unspecified atom stereocenters. The van der Waals surface area contributed by atoms with Crippen molar-refractivity contribution in [2.24, 2.45) is 0 Å². The molecular formula is C18H18O2. The molecule has 3 aromatic carbocycles. The van der Waals surface area contributed by atoms with Crippen molar-refractivity contribution in [2.45, 2.75) is 12.8 Å². The Labute approximate surface area is 118 Å². The Morgan fingerprint density at radius 2 is 1.55 bits per heavy atom. The first-order chi connectivity index (χ1) is 9.81. The zero-order valence-corrected chi connectivity index (χ0v) is 11.3. The topological polar surface area (TPSA) is 40.5 Å². The van der Waals surface area contributed by atoms with Crippen molar-refractivity contribution in [2.75, 3.05) is 13.2 Å². The molecule has 0 heterocycles. The van der Waals surface area contributed by atoms with Crippen LogP contribution in [0.3, 0.4) is 0 Å². The minimum atomic E-state index is 0.173. The summed E-state index contributed by atoms with van der Waals surface area (Å²) >= 11 is 0. The summed E-state index contributed by atoms with van der Waals surface area (Å²) in [6.07, 6.45) is 1.38. The van der Waals surface area contributed by atoms with E-state index in [-0.39, 0.29) is 13.2 Å². The molecule has 20 heavy (non-hydrogen) atoms. The third kappa shape index (κ3) is 2.40. The van der Waals surface area contributed by atoms with Crippen LogP contribution in [-0.2, 0) is 12.8 Å². The molecule has 0 aliphatic heterocycles. The van der Waals surface area contributed by atoms with E-state index in [2.05, 4.69) is 42.5 Å². The standard InChI is InChI=1S/C18H18O2/c19-8-6-13-4-5-15-12-18-14(7-9-20)2-1-3-16(18)11-17(15)10-13/h1-5,10-12,19-20H,6-9H2. The summed E-state index contributed by atoms with van der Waals surface area (Å²) in [5.41, 5.74) is 2.34. The van der Waals surface area contributed by atoms with Crippen molar-refractivity contribution >= 4 is 21.5 Å². The summed E-state index contributed by atoms with van der Waals surface area (Å²) in [6.45, 7) is 0.353. The number of aliphatic hydroxyl groups is 2. The Morgan fingerprint density at radius 1 is 0.700 bits per heavy atom. The van der Waals surface area contributed by atoms with Gasteiger partial charge in [-0.1, -0.05) is 36.4 Å². The fourth-order valence-electron chi connectivity index (χ4n) is 2.76. The van der Waals surface area contributed by atoms with E-state index in [0.29, 0.717) is 12.8 Å². The quantitative estimate of drug-likeness (QED) is 0.712. The molecule has 0 saturated heterocycles. The van der Waals surface area contributed by atoms with Gasteiger partial charge in [0.25, 0.3) is 0 Å². The summed E-state index contributed by atoms with van der Waals surface area (Å²) in [4.78, 5) is 0. The average molecular weight is 266 g/mol. The highest BCUT2D eigenvalue weighted by Crippen LogP contribution is 2.26. The van der Waals surface area contributed by atoms with Gasteiger partial charge in [-0.25, -0.2) is 0 Å². The maximum absolute atomic E-state index is 9.16. The molecule has 2 N–H and O–H groups in total. The van der Waals surface area contributed by atoms with E-state index >= 15 is 0 Å². The number of rotatable bonds is 4. The molecule has 102 valence electrons. The molecule has 2 nitrogen and oxygen atoms in total. The Morgan fingerprint density at radius 3 is 2.35 bits per heavy atom. The lowest BCUT2D eigenvalue weighted by molar-refractivity contribution is 0.299. The van der Waals surface area contributed by atoms with E-state index in [0.717, 1.165) is 5.56 Å². The summed E-state index contributed by atoms with van der Waals surface area (Å²) in [6, 6.07) is 16.9. The molecule has 3 rings (SSSR count). The monoisotopic (exact) mass is 266 g/mol. The average Bonchev–Trinajstić information content (AvgIpc) is 2.46. The molecule has 0 fully saturated rings. The van der Waals surface area contributed by atoms with Crippen LogP contribution >= 0.6 is 0 Å². The number of fused-ring (bicyclic) bond motifs is 2. The molecule has 0 amide bonds.